The van der Waals surface area contributed by atoms with E-state index in [0.29, 0.717) is 12.6 Å². The molecule has 1 aliphatic carbocycles. The molecule has 0 aromatic heterocycles. The van der Waals surface area contributed by atoms with Crippen molar-refractivity contribution in [2.45, 2.75) is 69.8 Å². The topological polar surface area (TPSA) is 68.0 Å². The molecule has 0 unspecified atom stereocenters. The van der Waals surface area contributed by atoms with Crippen LogP contribution in [0.25, 0.3) is 11.1 Å². The predicted octanol–water partition coefficient (Wildman–Crippen LogP) is 6.28. The Labute approximate surface area is 226 Å². The molecule has 2 aliphatic rings. The molecule has 1 heterocycles. The minimum Gasteiger partial charge on any atom is -0.392 e. The molecule has 3 aromatic carbocycles. The fourth-order valence-electron chi connectivity index (χ4n) is 5.81. The van der Waals surface area contributed by atoms with Crippen molar-refractivity contribution in [2.75, 3.05) is 13.1 Å². The molecule has 5 nitrogen and oxygen atoms in total. The Kier molecular flexibility index (Phi) is 9.05. The molecular weight excluding hydrogens is 472 g/mol. The number of hydrogen-bond acceptors (Lipinski definition) is 5. The lowest BCUT2D eigenvalue weighted by Crippen LogP contribution is -2.43. The van der Waals surface area contributed by atoms with Crippen LogP contribution in [-0.2, 0) is 22.6 Å². The Hall–Kier alpha value is -2.80. The fraction of sp³-hybridized carbons (Fsp3) is 0.394. The summed E-state index contributed by atoms with van der Waals surface area (Å²) < 4.78 is 13.2. The van der Waals surface area contributed by atoms with E-state index in [1.165, 1.54) is 25.7 Å². The Balaban J connectivity index is 1.38. The van der Waals surface area contributed by atoms with Gasteiger partial charge in [-0.25, -0.2) is 0 Å². The molecule has 0 amide bonds. The van der Waals surface area contributed by atoms with Crippen LogP contribution in [0.2, 0.25) is 0 Å². The molecule has 3 aromatic rings. The molecule has 0 spiro atoms. The van der Waals surface area contributed by atoms with E-state index in [9.17, 15) is 5.11 Å². The van der Waals surface area contributed by atoms with Crippen molar-refractivity contribution in [3.05, 3.63) is 108 Å². The van der Waals surface area contributed by atoms with Crippen LogP contribution >= 0.6 is 0 Å². The second kappa shape index (κ2) is 12.8. The van der Waals surface area contributed by atoms with E-state index in [0.717, 1.165) is 52.9 Å². The van der Waals surface area contributed by atoms with Gasteiger partial charge in [-0.15, -0.1) is 6.58 Å². The van der Waals surface area contributed by atoms with Gasteiger partial charge in [0.05, 0.1) is 18.8 Å². The number of hydrogen-bond donors (Lipinski definition) is 2. The number of aliphatic hydroxyl groups excluding tert-OH is 1. The minimum atomic E-state index is -0.449. The molecule has 200 valence electrons. The van der Waals surface area contributed by atoms with E-state index < -0.39 is 6.29 Å². The molecule has 1 aliphatic heterocycles. The van der Waals surface area contributed by atoms with Gasteiger partial charge in [-0.3, -0.25) is 4.90 Å². The second-order valence-corrected chi connectivity index (χ2v) is 10.6. The van der Waals surface area contributed by atoms with E-state index in [2.05, 4.69) is 72.1 Å². The largest absolute Gasteiger partial charge is 0.392 e. The standard InChI is InChI=1S/C33H40N2O3/c1-2-18-35(30-8-3-4-9-30)22-31-20-32(27-12-10-24(23-36)11-13-27)38-33(37-31)28-16-14-26(15-17-28)29-7-5-6-25(19-29)21-34/h2,5-7,10-17,19,30-33,36H,1,3-4,8-9,18,20-23,34H2/t31-,32+,33+/m0/s1. The molecular formula is C33H40N2O3. The van der Waals surface area contributed by atoms with Gasteiger partial charge in [0.2, 0.25) is 0 Å². The van der Waals surface area contributed by atoms with E-state index in [-0.39, 0.29) is 18.8 Å². The van der Waals surface area contributed by atoms with Crippen molar-refractivity contribution >= 4 is 0 Å². The fourth-order valence-corrected chi connectivity index (χ4v) is 5.81. The van der Waals surface area contributed by atoms with Gasteiger partial charge in [0.1, 0.15) is 0 Å². The quantitative estimate of drug-likeness (QED) is 0.313. The zero-order valence-corrected chi connectivity index (χ0v) is 22.2. The molecule has 2 fully saturated rings. The normalized spacial score (nSPS) is 22.1. The maximum absolute atomic E-state index is 9.49. The smallest absolute Gasteiger partial charge is 0.184 e. The molecule has 38 heavy (non-hydrogen) atoms. The summed E-state index contributed by atoms with van der Waals surface area (Å²) in [5.74, 6) is 0. The lowest BCUT2D eigenvalue weighted by molar-refractivity contribution is -0.253. The van der Waals surface area contributed by atoms with Crippen molar-refractivity contribution in [1.82, 2.24) is 4.90 Å². The molecule has 0 radical (unpaired) electrons. The zero-order valence-electron chi connectivity index (χ0n) is 22.2. The summed E-state index contributed by atoms with van der Waals surface area (Å²) in [6, 6.07) is 25.5. The number of benzene rings is 3. The highest BCUT2D eigenvalue weighted by atomic mass is 16.7. The van der Waals surface area contributed by atoms with Crippen LogP contribution in [0.3, 0.4) is 0 Å². The summed E-state index contributed by atoms with van der Waals surface area (Å²) in [4.78, 5) is 2.55. The van der Waals surface area contributed by atoms with E-state index in [1.807, 2.05) is 18.2 Å². The van der Waals surface area contributed by atoms with Crippen molar-refractivity contribution in [1.29, 1.82) is 0 Å². The van der Waals surface area contributed by atoms with Crippen LogP contribution in [0.4, 0.5) is 0 Å². The first kappa shape index (κ1) is 26.8. The third kappa shape index (κ3) is 6.42. The highest BCUT2D eigenvalue weighted by Crippen LogP contribution is 2.39. The SMILES string of the molecule is C=CCN(C[C@@H]1C[C@H](c2ccc(CO)cc2)O[C@H](c2ccc(-c3cccc(CN)c3)cc2)O1)C1CCCC1. The second-order valence-electron chi connectivity index (χ2n) is 10.6. The average Bonchev–Trinajstić information content (AvgIpc) is 3.52. The zero-order chi connectivity index (χ0) is 26.3. The van der Waals surface area contributed by atoms with Crippen molar-refractivity contribution < 1.29 is 14.6 Å². The predicted molar refractivity (Wildman–Crippen MR) is 152 cm³/mol. The van der Waals surface area contributed by atoms with Gasteiger partial charge < -0.3 is 20.3 Å². The maximum Gasteiger partial charge on any atom is 0.184 e. The summed E-state index contributed by atoms with van der Waals surface area (Å²) in [5, 5.41) is 9.49. The minimum absolute atomic E-state index is 0.0396. The number of ether oxygens (including phenoxy) is 2. The molecule has 0 bridgehead atoms. The average molecular weight is 513 g/mol. The summed E-state index contributed by atoms with van der Waals surface area (Å²) in [5.41, 5.74) is 12.3. The Bertz CT molecular complexity index is 1170. The molecule has 1 saturated heterocycles. The first-order chi connectivity index (χ1) is 18.7. The van der Waals surface area contributed by atoms with E-state index in [4.69, 9.17) is 15.2 Å². The molecule has 1 saturated carbocycles. The van der Waals surface area contributed by atoms with Crippen molar-refractivity contribution in [2.24, 2.45) is 5.73 Å². The highest BCUT2D eigenvalue weighted by Gasteiger charge is 2.34. The Morgan fingerprint density at radius 3 is 2.32 bits per heavy atom. The first-order valence-corrected chi connectivity index (χ1v) is 13.9. The van der Waals surface area contributed by atoms with Crippen LogP contribution in [0.15, 0.2) is 85.5 Å². The van der Waals surface area contributed by atoms with Gasteiger partial charge in [0, 0.05) is 37.7 Å². The molecule has 5 rings (SSSR count). The van der Waals surface area contributed by atoms with Crippen LogP contribution in [0.1, 0.15) is 66.8 Å². The first-order valence-electron chi connectivity index (χ1n) is 13.9. The third-order valence-electron chi connectivity index (χ3n) is 7.94. The van der Waals surface area contributed by atoms with Gasteiger partial charge in [-0.1, -0.05) is 85.6 Å². The van der Waals surface area contributed by atoms with Gasteiger partial charge in [0.25, 0.3) is 0 Å². The lowest BCUT2D eigenvalue weighted by Gasteiger charge is -2.39. The summed E-state index contributed by atoms with van der Waals surface area (Å²) in [6.07, 6.45) is 7.41. The summed E-state index contributed by atoms with van der Waals surface area (Å²) >= 11 is 0. The summed E-state index contributed by atoms with van der Waals surface area (Å²) in [7, 11) is 0. The number of rotatable bonds is 10. The van der Waals surface area contributed by atoms with Gasteiger partial charge >= 0.3 is 0 Å². The molecule has 3 atom stereocenters. The Morgan fingerprint density at radius 2 is 1.63 bits per heavy atom. The van der Waals surface area contributed by atoms with Crippen LogP contribution < -0.4 is 5.73 Å². The van der Waals surface area contributed by atoms with Crippen molar-refractivity contribution in [3.63, 3.8) is 0 Å². The van der Waals surface area contributed by atoms with Gasteiger partial charge in [-0.05, 0) is 46.7 Å². The van der Waals surface area contributed by atoms with Crippen LogP contribution in [0.5, 0.6) is 0 Å². The number of nitrogens with two attached hydrogens (primary N) is 1. The highest BCUT2D eigenvalue weighted by molar-refractivity contribution is 5.64. The maximum atomic E-state index is 9.49. The Morgan fingerprint density at radius 1 is 0.895 bits per heavy atom. The van der Waals surface area contributed by atoms with Crippen molar-refractivity contribution in [3.8, 4) is 11.1 Å². The molecule has 5 heteroatoms. The van der Waals surface area contributed by atoms with E-state index in [1.54, 1.807) is 0 Å². The van der Waals surface area contributed by atoms with E-state index >= 15 is 0 Å². The third-order valence-corrected chi connectivity index (χ3v) is 7.94. The van der Waals surface area contributed by atoms with Crippen LogP contribution in [0, 0.1) is 0 Å². The lowest BCUT2D eigenvalue weighted by atomic mass is 9.98. The summed E-state index contributed by atoms with van der Waals surface area (Å²) in [6.45, 7) is 6.33. The number of aliphatic hydroxyl groups is 1. The molecule has 3 N–H and O–H groups in total. The number of nitrogens with zero attached hydrogens (tertiary/aromatic N) is 1. The monoisotopic (exact) mass is 512 g/mol. The van der Waals surface area contributed by atoms with Crippen LogP contribution in [-0.4, -0.2) is 35.2 Å². The van der Waals surface area contributed by atoms with Gasteiger partial charge in [0.15, 0.2) is 6.29 Å². The van der Waals surface area contributed by atoms with Gasteiger partial charge in [-0.2, -0.15) is 0 Å².